The zero-order valence-electron chi connectivity index (χ0n) is 10.3. The van der Waals surface area contributed by atoms with Crippen molar-refractivity contribution in [2.45, 2.75) is 20.0 Å². The van der Waals surface area contributed by atoms with Gasteiger partial charge in [0.1, 0.15) is 24.6 Å². The van der Waals surface area contributed by atoms with Gasteiger partial charge in [-0.25, -0.2) is 0 Å². The van der Waals surface area contributed by atoms with Gasteiger partial charge in [-0.15, -0.1) is 0 Å². The van der Waals surface area contributed by atoms with E-state index in [2.05, 4.69) is 17.4 Å². The van der Waals surface area contributed by atoms with E-state index >= 15 is 0 Å². The molecule has 1 aromatic carbocycles. The van der Waals surface area contributed by atoms with E-state index in [-0.39, 0.29) is 0 Å². The van der Waals surface area contributed by atoms with Gasteiger partial charge in [0.15, 0.2) is 5.76 Å². The van der Waals surface area contributed by atoms with Gasteiger partial charge in [-0.3, -0.25) is 0 Å². The highest BCUT2D eigenvalue weighted by Gasteiger charge is 2.01. The summed E-state index contributed by atoms with van der Waals surface area (Å²) < 4.78 is 10.6. The summed E-state index contributed by atoms with van der Waals surface area (Å²) in [5.41, 5.74) is 1.29. The Labute approximate surface area is 101 Å². The van der Waals surface area contributed by atoms with Crippen LogP contribution < -0.4 is 10.1 Å². The lowest BCUT2D eigenvalue weighted by Gasteiger charge is -2.02. The fourth-order valence-electron chi connectivity index (χ4n) is 1.74. The molecule has 0 aliphatic heterocycles. The summed E-state index contributed by atoms with van der Waals surface area (Å²) in [6, 6.07) is 12.2. The second kappa shape index (κ2) is 5.55. The normalized spacial score (nSPS) is 10.5. The molecule has 0 saturated carbocycles. The highest BCUT2D eigenvalue weighted by molar-refractivity contribution is 5.26. The van der Waals surface area contributed by atoms with Crippen LogP contribution in [0.15, 0.2) is 40.8 Å². The molecule has 90 valence electrons. The van der Waals surface area contributed by atoms with Crippen LogP contribution in [0.4, 0.5) is 0 Å². The third-order valence-corrected chi connectivity index (χ3v) is 2.68. The molecule has 0 radical (unpaired) electrons. The van der Waals surface area contributed by atoms with Crippen LogP contribution >= 0.6 is 0 Å². The SMILES string of the molecule is COc1ccc(C[NH2+]Cc2ccc(C)o2)cc1. The molecule has 0 atom stereocenters. The first-order chi connectivity index (χ1) is 8.28. The van der Waals surface area contributed by atoms with Crippen LogP contribution in [0.5, 0.6) is 5.75 Å². The van der Waals surface area contributed by atoms with Crippen LogP contribution in [0.3, 0.4) is 0 Å². The summed E-state index contributed by atoms with van der Waals surface area (Å²) in [5, 5.41) is 2.22. The highest BCUT2D eigenvalue weighted by atomic mass is 16.5. The van der Waals surface area contributed by atoms with Crippen LogP contribution in [0.25, 0.3) is 0 Å². The average Bonchev–Trinajstić information content (AvgIpc) is 2.76. The molecule has 0 fully saturated rings. The first-order valence-corrected chi connectivity index (χ1v) is 5.78. The predicted molar refractivity (Wildman–Crippen MR) is 65.8 cm³/mol. The Kier molecular flexibility index (Phi) is 3.83. The van der Waals surface area contributed by atoms with Crippen molar-refractivity contribution in [3.05, 3.63) is 53.5 Å². The smallest absolute Gasteiger partial charge is 0.158 e. The van der Waals surface area contributed by atoms with Gasteiger partial charge >= 0.3 is 0 Å². The minimum absolute atomic E-state index is 0.875. The molecule has 2 N–H and O–H groups in total. The van der Waals surface area contributed by atoms with Crippen molar-refractivity contribution in [3.8, 4) is 5.75 Å². The number of hydrogen-bond acceptors (Lipinski definition) is 2. The number of aryl methyl sites for hydroxylation is 1. The summed E-state index contributed by atoms with van der Waals surface area (Å²) in [5.74, 6) is 2.89. The Morgan fingerprint density at radius 1 is 1.06 bits per heavy atom. The lowest BCUT2D eigenvalue weighted by atomic mass is 10.2. The van der Waals surface area contributed by atoms with Gasteiger partial charge in [-0.05, 0) is 43.3 Å². The van der Waals surface area contributed by atoms with Crippen LogP contribution in [0, 0.1) is 6.92 Å². The standard InChI is InChI=1S/C14H17NO2/c1-11-3-6-14(17-11)10-15-9-12-4-7-13(16-2)8-5-12/h3-8,15H,9-10H2,1-2H3/p+1. The zero-order valence-corrected chi connectivity index (χ0v) is 10.3. The molecule has 0 aliphatic rings. The quantitative estimate of drug-likeness (QED) is 0.854. The Morgan fingerprint density at radius 3 is 2.41 bits per heavy atom. The Hall–Kier alpha value is -1.74. The van der Waals surface area contributed by atoms with Gasteiger partial charge in [0.25, 0.3) is 0 Å². The minimum atomic E-state index is 0.875. The Morgan fingerprint density at radius 2 is 1.82 bits per heavy atom. The number of rotatable bonds is 5. The Bertz CT molecular complexity index is 459. The maximum atomic E-state index is 5.51. The molecule has 0 unspecified atom stereocenters. The van der Waals surface area contributed by atoms with Crippen molar-refractivity contribution >= 4 is 0 Å². The third kappa shape index (κ3) is 3.36. The van der Waals surface area contributed by atoms with Crippen LogP contribution in [0.1, 0.15) is 17.1 Å². The molecule has 0 amide bonds. The van der Waals surface area contributed by atoms with E-state index in [1.165, 1.54) is 5.56 Å². The van der Waals surface area contributed by atoms with Gasteiger partial charge in [0, 0.05) is 5.56 Å². The summed E-state index contributed by atoms with van der Waals surface area (Å²) >= 11 is 0. The van der Waals surface area contributed by atoms with Crippen LogP contribution in [-0.4, -0.2) is 7.11 Å². The lowest BCUT2D eigenvalue weighted by molar-refractivity contribution is -0.688. The van der Waals surface area contributed by atoms with Crippen molar-refractivity contribution in [1.29, 1.82) is 0 Å². The molecule has 2 rings (SSSR count). The number of furan rings is 1. The number of methoxy groups -OCH3 is 1. The van der Waals surface area contributed by atoms with Gasteiger partial charge in [-0.1, -0.05) is 0 Å². The molecular weight excluding hydrogens is 214 g/mol. The second-order valence-electron chi connectivity index (χ2n) is 4.06. The summed E-state index contributed by atoms with van der Waals surface area (Å²) in [7, 11) is 1.68. The van der Waals surface area contributed by atoms with Gasteiger partial charge in [0.05, 0.1) is 7.11 Å². The maximum absolute atomic E-state index is 5.51. The van der Waals surface area contributed by atoms with E-state index in [1.54, 1.807) is 7.11 Å². The van der Waals surface area contributed by atoms with Crippen molar-refractivity contribution in [1.82, 2.24) is 0 Å². The molecule has 3 heteroatoms. The number of benzene rings is 1. The molecule has 1 aromatic heterocycles. The predicted octanol–water partition coefficient (Wildman–Crippen LogP) is 1.86. The molecule has 0 saturated heterocycles. The molecule has 0 spiro atoms. The molecule has 17 heavy (non-hydrogen) atoms. The number of quaternary nitrogens is 1. The molecule has 1 heterocycles. The van der Waals surface area contributed by atoms with E-state index in [0.717, 1.165) is 30.4 Å². The van der Waals surface area contributed by atoms with E-state index in [4.69, 9.17) is 9.15 Å². The summed E-state index contributed by atoms with van der Waals surface area (Å²) in [6.45, 7) is 3.79. The van der Waals surface area contributed by atoms with Gasteiger partial charge in [0.2, 0.25) is 0 Å². The largest absolute Gasteiger partial charge is 0.497 e. The summed E-state index contributed by atoms with van der Waals surface area (Å²) in [6.07, 6.45) is 0. The van der Waals surface area contributed by atoms with Crippen LogP contribution in [-0.2, 0) is 13.1 Å². The first kappa shape index (κ1) is 11.7. The summed E-state index contributed by atoms with van der Waals surface area (Å²) in [4.78, 5) is 0. The lowest BCUT2D eigenvalue weighted by Crippen LogP contribution is -2.80. The second-order valence-corrected chi connectivity index (χ2v) is 4.06. The molecule has 3 nitrogen and oxygen atoms in total. The molecular formula is C14H18NO2+. The average molecular weight is 232 g/mol. The van der Waals surface area contributed by atoms with E-state index in [0.29, 0.717) is 0 Å². The molecule has 0 bridgehead atoms. The molecule has 0 aliphatic carbocycles. The third-order valence-electron chi connectivity index (χ3n) is 2.68. The number of hydrogen-bond donors (Lipinski definition) is 1. The number of nitrogens with two attached hydrogens (primary N) is 1. The zero-order chi connectivity index (χ0) is 12.1. The topological polar surface area (TPSA) is 39.0 Å². The van der Waals surface area contributed by atoms with Crippen LogP contribution in [0.2, 0.25) is 0 Å². The van der Waals surface area contributed by atoms with E-state index in [1.807, 2.05) is 31.2 Å². The highest BCUT2D eigenvalue weighted by Crippen LogP contribution is 2.10. The first-order valence-electron chi connectivity index (χ1n) is 5.78. The number of ether oxygens (including phenoxy) is 1. The van der Waals surface area contributed by atoms with Gasteiger partial charge < -0.3 is 14.5 Å². The van der Waals surface area contributed by atoms with Crippen molar-refractivity contribution in [3.63, 3.8) is 0 Å². The monoisotopic (exact) mass is 232 g/mol. The fraction of sp³-hybridized carbons (Fsp3) is 0.286. The van der Waals surface area contributed by atoms with E-state index < -0.39 is 0 Å². The van der Waals surface area contributed by atoms with E-state index in [9.17, 15) is 0 Å². The molecule has 2 aromatic rings. The van der Waals surface area contributed by atoms with Gasteiger partial charge in [-0.2, -0.15) is 0 Å². The minimum Gasteiger partial charge on any atom is -0.497 e. The van der Waals surface area contributed by atoms with Crippen molar-refractivity contribution in [2.24, 2.45) is 0 Å². The van der Waals surface area contributed by atoms with Crippen molar-refractivity contribution < 1.29 is 14.5 Å². The maximum Gasteiger partial charge on any atom is 0.158 e. The Balaban J connectivity index is 1.81. The fourth-order valence-corrected chi connectivity index (χ4v) is 1.74. The van der Waals surface area contributed by atoms with Crippen molar-refractivity contribution in [2.75, 3.05) is 7.11 Å².